The average molecular weight is 322 g/mol. The van der Waals surface area contributed by atoms with Gasteiger partial charge in [0, 0.05) is 6.07 Å². The number of carbonyl (C=O) groups excluding carboxylic acids is 2. The van der Waals surface area contributed by atoms with Crippen molar-refractivity contribution >= 4 is 23.3 Å². The Bertz CT molecular complexity index is 683. The van der Waals surface area contributed by atoms with E-state index in [1.807, 2.05) is 0 Å². The van der Waals surface area contributed by atoms with E-state index in [1.54, 1.807) is 6.07 Å². The predicted molar refractivity (Wildman–Crippen MR) is 77.5 cm³/mol. The molecule has 1 aromatic carbocycles. The molecule has 0 spiro atoms. The summed E-state index contributed by atoms with van der Waals surface area (Å²) < 4.78 is 14.6. The Morgan fingerprint density at radius 2 is 1.87 bits per heavy atom. The fourth-order valence-electron chi connectivity index (χ4n) is 2.18. The van der Waals surface area contributed by atoms with Gasteiger partial charge in [-0.05, 0) is 6.07 Å². The standard InChI is InChI=1S/C14H14N2O7/c1-21-13(17)9-7-23-8-15(12(9)14(18)22-2)10-5-3-4-6-11(10)16(19)20/h3-6H,7-8H2,1-2H3. The second kappa shape index (κ2) is 6.88. The van der Waals surface area contributed by atoms with Gasteiger partial charge in [0.05, 0.1) is 31.3 Å². The summed E-state index contributed by atoms with van der Waals surface area (Å²) >= 11 is 0. The van der Waals surface area contributed by atoms with E-state index in [0.29, 0.717) is 0 Å². The van der Waals surface area contributed by atoms with Crippen molar-refractivity contribution in [2.45, 2.75) is 0 Å². The number of rotatable bonds is 4. The molecule has 122 valence electrons. The van der Waals surface area contributed by atoms with E-state index in [9.17, 15) is 19.7 Å². The first-order valence-electron chi connectivity index (χ1n) is 6.49. The molecule has 1 heterocycles. The normalized spacial score (nSPS) is 14.4. The molecule has 1 aromatic rings. The molecule has 0 saturated heterocycles. The summed E-state index contributed by atoms with van der Waals surface area (Å²) in [6.45, 7) is -0.302. The number of carbonyl (C=O) groups is 2. The Hall–Kier alpha value is -2.94. The maximum atomic E-state index is 12.1. The van der Waals surface area contributed by atoms with E-state index >= 15 is 0 Å². The lowest BCUT2D eigenvalue weighted by atomic mass is 10.1. The van der Waals surface area contributed by atoms with E-state index in [1.165, 1.54) is 23.1 Å². The molecule has 0 fully saturated rings. The van der Waals surface area contributed by atoms with Crippen LogP contribution >= 0.6 is 0 Å². The smallest absolute Gasteiger partial charge is 0.355 e. The minimum Gasteiger partial charge on any atom is -0.466 e. The SMILES string of the molecule is COC(=O)C1=C(C(=O)OC)N(c2ccccc2[N+](=O)[O-])COC1. The molecule has 0 aliphatic carbocycles. The van der Waals surface area contributed by atoms with Gasteiger partial charge in [-0.3, -0.25) is 10.1 Å². The minimum absolute atomic E-state index is 0.0660. The number of nitro benzene ring substituents is 1. The van der Waals surface area contributed by atoms with Gasteiger partial charge in [0.1, 0.15) is 18.1 Å². The molecule has 23 heavy (non-hydrogen) atoms. The first-order chi connectivity index (χ1) is 11.0. The highest BCUT2D eigenvalue weighted by molar-refractivity contribution is 6.03. The summed E-state index contributed by atoms with van der Waals surface area (Å²) in [5.41, 5.74) is -0.328. The second-order valence-electron chi connectivity index (χ2n) is 4.46. The van der Waals surface area contributed by atoms with Gasteiger partial charge in [-0.1, -0.05) is 12.1 Å². The van der Waals surface area contributed by atoms with Crippen molar-refractivity contribution in [1.29, 1.82) is 0 Å². The molecule has 0 bridgehead atoms. The van der Waals surface area contributed by atoms with Gasteiger partial charge in [0.15, 0.2) is 0 Å². The lowest BCUT2D eigenvalue weighted by Gasteiger charge is -2.30. The van der Waals surface area contributed by atoms with Gasteiger partial charge >= 0.3 is 11.9 Å². The molecule has 9 nitrogen and oxygen atoms in total. The van der Waals surface area contributed by atoms with Gasteiger partial charge in [-0.25, -0.2) is 9.59 Å². The number of para-hydroxylation sites is 2. The van der Waals surface area contributed by atoms with Crippen LogP contribution in [0.25, 0.3) is 0 Å². The van der Waals surface area contributed by atoms with Crippen molar-refractivity contribution in [3.05, 3.63) is 45.6 Å². The zero-order valence-corrected chi connectivity index (χ0v) is 12.5. The van der Waals surface area contributed by atoms with Crippen LogP contribution in [0.2, 0.25) is 0 Å². The zero-order valence-electron chi connectivity index (χ0n) is 12.5. The highest BCUT2D eigenvalue weighted by Gasteiger charge is 2.34. The molecule has 0 unspecified atom stereocenters. The van der Waals surface area contributed by atoms with Crippen LogP contribution in [0.1, 0.15) is 0 Å². The van der Waals surface area contributed by atoms with Crippen LogP contribution in [0.4, 0.5) is 11.4 Å². The third-order valence-electron chi connectivity index (χ3n) is 3.20. The van der Waals surface area contributed by atoms with Crippen molar-refractivity contribution in [2.75, 3.05) is 32.5 Å². The molecule has 1 aliphatic heterocycles. The number of hydrogen-bond acceptors (Lipinski definition) is 8. The molecule has 0 radical (unpaired) electrons. The third kappa shape index (κ3) is 3.14. The number of hydrogen-bond donors (Lipinski definition) is 0. The number of anilines is 1. The largest absolute Gasteiger partial charge is 0.466 e. The van der Waals surface area contributed by atoms with Gasteiger partial charge in [0.25, 0.3) is 5.69 Å². The molecule has 2 rings (SSSR count). The van der Waals surface area contributed by atoms with Gasteiger partial charge in [-0.15, -0.1) is 0 Å². The Morgan fingerprint density at radius 3 is 2.48 bits per heavy atom. The zero-order chi connectivity index (χ0) is 17.0. The van der Waals surface area contributed by atoms with Crippen LogP contribution in [-0.2, 0) is 23.8 Å². The maximum absolute atomic E-state index is 12.1. The van der Waals surface area contributed by atoms with Crippen LogP contribution in [0.5, 0.6) is 0 Å². The molecule has 9 heteroatoms. The maximum Gasteiger partial charge on any atom is 0.355 e. The molecule has 1 aliphatic rings. The molecular weight excluding hydrogens is 308 g/mol. The third-order valence-corrected chi connectivity index (χ3v) is 3.20. The van der Waals surface area contributed by atoms with Crippen LogP contribution in [0.15, 0.2) is 35.5 Å². The topological polar surface area (TPSA) is 108 Å². The second-order valence-corrected chi connectivity index (χ2v) is 4.46. The number of nitrogens with zero attached hydrogens (tertiary/aromatic N) is 2. The summed E-state index contributed by atoms with van der Waals surface area (Å²) in [4.78, 5) is 35.8. The number of nitro groups is 1. The highest BCUT2D eigenvalue weighted by atomic mass is 16.6. The summed E-state index contributed by atoms with van der Waals surface area (Å²) in [5, 5.41) is 11.2. The number of methoxy groups -OCH3 is 2. The average Bonchev–Trinajstić information content (AvgIpc) is 2.59. The summed E-state index contributed by atoms with van der Waals surface area (Å²) in [6.07, 6.45) is 0. The first-order valence-corrected chi connectivity index (χ1v) is 6.49. The van der Waals surface area contributed by atoms with Crippen molar-refractivity contribution < 1.29 is 28.7 Å². The van der Waals surface area contributed by atoms with Gasteiger partial charge in [-0.2, -0.15) is 0 Å². The predicted octanol–water partition coefficient (Wildman–Crippen LogP) is 0.989. The Labute approximate surface area is 131 Å². The minimum atomic E-state index is -0.813. The van der Waals surface area contributed by atoms with Gasteiger partial charge < -0.3 is 19.1 Å². The summed E-state index contributed by atoms with van der Waals surface area (Å²) in [7, 11) is 2.31. The van der Waals surface area contributed by atoms with Crippen LogP contribution in [0.3, 0.4) is 0 Å². The Balaban J connectivity index is 2.63. The fraction of sp³-hybridized carbons (Fsp3) is 0.286. The number of ether oxygens (including phenoxy) is 3. The lowest BCUT2D eigenvalue weighted by Crippen LogP contribution is -2.39. The van der Waals surface area contributed by atoms with Crippen molar-refractivity contribution in [3.63, 3.8) is 0 Å². The summed E-state index contributed by atoms with van der Waals surface area (Å²) in [6, 6.07) is 5.81. The monoisotopic (exact) mass is 322 g/mol. The quantitative estimate of drug-likeness (QED) is 0.459. The molecule has 0 aromatic heterocycles. The van der Waals surface area contributed by atoms with Crippen molar-refractivity contribution in [3.8, 4) is 0 Å². The van der Waals surface area contributed by atoms with Crippen LogP contribution in [0, 0.1) is 10.1 Å². The van der Waals surface area contributed by atoms with E-state index in [4.69, 9.17) is 9.47 Å². The Kier molecular flexibility index (Phi) is 4.91. The molecule has 0 saturated carbocycles. The molecule has 0 amide bonds. The van der Waals surface area contributed by atoms with Crippen LogP contribution in [-0.4, -0.2) is 44.4 Å². The summed E-state index contributed by atoms with van der Waals surface area (Å²) in [5.74, 6) is -1.58. The van der Waals surface area contributed by atoms with Gasteiger partial charge in [0.2, 0.25) is 0 Å². The number of esters is 2. The van der Waals surface area contributed by atoms with E-state index in [-0.39, 0.29) is 36.0 Å². The Morgan fingerprint density at radius 1 is 1.22 bits per heavy atom. The van der Waals surface area contributed by atoms with E-state index in [2.05, 4.69) is 4.74 Å². The molecular formula is C14H14N2O7. The number of benzene rings is 1. The lowest BCUT2D eigenvalue weighted by molar-refractivity contribution is -0.384. The van der Waals surface area contributed by atoms with E-state index in [0.717, 1.165) is 14.2 Å². The van der Waals surface area contributed by atoms with E-state index < -0.39 is 16.9 Å². The van der Waals surface area contributed by atoms with Crippen molar-refractivity contribution in [2.24, 2.45) is 0 Å². The van der Waals surface area contributed by atoms with Crippen LogP contribution < -0.4 is 4.90 Å². The van der Waals surface area contributed by atoms with Crippen molar-refractivity contribution in [1.82, 2.24) is 0 Å². The highest BCUT2D eigenvalue weighted by Crippen LogP contribution is 2.33. The fourth-order valence-corrected chi connectivity index (χ4v) is 2.18. The first kappa shape index (κ1) is 16.4. The molecule has 0 atom stereocenters. The molecule has 0 N–H and O–H groups in total.